The molecule has 0 amide bonds. The summed E-state index contributed by atoms with van der Waals surface area (Å²) in [6.45, 7) is 2.14. The average Bonchev–Trinajstić information content (AvgIpc) is 2.57. The Bertz CT molecular complexity index is 435. The fourth-order valence-corrected chi connectivity index (χ4v) is 3.07. The Morgan fingerprint density at radius 3 is 3.12 bits per heavy atom. The van der Waals surface area contributed by atoms with Gasteiger partial charge in [-0.1, -0.05) is 11.6 Å². The molecule has 2 N–H and O–H groups in total. The highest BCUT2D eigenvalue weighted by Gasteiger charge is 2.37. The molecule has 1 aromatic rings. The topological polar surface area (TPSA) is 35.5 Å². The Balaban J connectivity index is 2.04. The Morgan fingerprint density at radius 2 is 2.31 bits per heavy atom. The molecule has 2 atom stereocenters. The second-order valence-corrected chi connectivity index (χ2v) is 5.23. The molecular weight excluding hydrogens is 224 g/mol. The highest BCUT2D eigenvalue weighted by molar-refractivity contribution is 6.31. The van der Waals surface area contributed by atoms with Crippen LogP contribution < -0.4 is 5.32 Å². The minimum atomic E-state index is 0.277. The number of nitrogens with one attached hydrogen (secondary N) is 1. The van der Waals surface area contributed by atoms with E-state index in [2.05, 4.69) is 17.3 Å². The highest BCUT2D eigenvalue weighted by Crippen LogP contribution is 2.45. The van der Waals surface area contributed by atoms with E-state index in [1.54, 1.807) is 6.07 Å². The Kier molecular flexibility index (Phi) is 2.26. The van der Waals surface area contributed by atoms with Crippen LogP contribution in [-0.4, -0.2) is 36.2 Å². The summed E-state index contributed by atoms with van der Waals surface area (Å²) < 4.78 is 0. The molecule has 0 saturated carbocycles. The number of benzene rings is 1. The zero-order valence-electron chi connectivity index (χ0n) is 9.20. The quantitative estimate of drug-likeness (QED) is 0.681. The number of rotatable bonds is 0. The Morgan fingerprint density at radius 1 is 1.50 bits per heavy atom. The lowest BCUT2D eigenvalue weighted by Gasteiger charge is -2.32. The van der Waals surface area contributed by atoms with Crippen molar-refractivity contribution in [2.24, 2.45) is 0 Å². The van der Waals surface area contributed by atoms with Crippen LogP contribution in [0.5, 0.6) is 5.75 Å². The number of hydrogen-bond acceptors (Lipinski definition) is 3. The van der Waals surface area contributed by atoms with Gasteiger partial charge >= 0.3 is 0 Å². The molecule has 2 aliphatic heterocycles. The van der Waals surface area contributed by atoms with E-state index >= 15 is 0 Å². The normalized spacial score (nSPS) is 28.4. The first-order chi connectivity index (χ1) is 7.65. The third-order valence-corrected chi connectivity index (χ3v) is 3.88. The van der Waals surface area contributed by atoms with Crippen LogP contribution in [0.15, 0.2) is 12.1 Å². The molecule has 0 spiro atoms. The van der Waals surface area contributed by atoms with Gasteiger partial charge in [-0.05, 0) is 31.6 Å². The van der Waals surface area contributed by atoms with Crippen molar-refractivity contribution in [2.75, 3.05) is 25.5 Å². The van der Waals surface area contributed by atoms with Gasteiger partial charge in [0.15, 0.2) is 0 Å². The van der Waals surface area contributed by atoms with Gasteiger partial charge in [0.2, 0.25) is 0 Å². The van der Waals surface area contributed by atoms with E-state index in [1.165, 1.54) is 5.56 Å². The highest BCUT2D eigenvalue weighted by atomic mass is 35.5. The molecule has 4 heteroatoms. The Hall–Kier alpha value is -0.930. The first-order valence-corrected chi connectivity index (χ1v) is 6.00. The van der Waals surface area contributed by atoms with Gasteiger partial charge < -0.3 is 15.3 Å². The number of likely N-dealkylation sites (N-methyl/N-ethyl adjacent to an activating group) is 1. The zero-order valence-corrected chi connectivity index (χ0v) is 9.96. The smallest absolute Gasteiger partial charge is 0.140 e. The van der Waals surface area contributed by atoms with E-state index in [-0.39, 0.29) is 5.75 Å². The summed E-state index contributed by atoms with van der Waals surface area (Å²) >= 11 is 5.99. The monoisotopic (exact) mass is 238 g/mol. The lowest BCUT2D eigenvalue weighted by atomic mass is 9.89. The molecule has 0 radical (unpaired) electrons. The van der Waals surface area contributed by atoms with Crippen LogP contribution in [0.4, 0.5) is 5.69 Å². The average molecular weight is 239 g/mol. The number of hydrogen-bond donors (Lipinski definition) is 2. The molecule has 0 aromatic heterocycles. The van der Waals surface area contributed by atoms with Crippen molar-refractivity contribution >= 4 is 17.3 Å². The molecule has 0 bridgehead atoms. The summed E-state index contributed by atoms with van der Waals surface area (Å²) in [5.41, 5.74) is 2.05. The number of aromatic hydroxyl groups is 1. The van der Waals surface area contributed by atoms with Crippen LogP contribution in [0.25, 0.3) is 0 Å². The first-order valence-electron chi connectivity index (χ1n) is 5.62. The largest absolute Gasteiger partial charge is 0.506 e. The minimum absolute atomic E-state index is 0.277. The van der Waals surface area contributed by atoms with Crippen molar-refractivity contribution in [1.29, 1.82) is 0 Å². The maximum absolute atomic E-state index is 9.86. The number of fused-ring (bicyclic) bond motifs is 3. The van der Waals surface area contributed by atoms with E-state index in [0.29, 0.717) is 17.0 Å². The van der Waals surface area contributed by atoms with Gasteiger partial charge in [-0.25, -0.2) is 0 Å². The number of halogens is 1. The second-order valence-electron chi connectivity index (χ2n) is 4.80. The molecule has 86 valence electrons. The Labute approximate surface area is 100 Å². The first kappa shape index (κ1) is 10.2. The molecule has 2 unspecified atom stereocenters. The number of nitrogens with zero attached hydrogens (tertiary/aromatic N) is 1. The van der Waals surface area contributed by atoms with Gasteiger partial charge in [-0.2, -0.15) is 0 Å². The van der Waals surface area contributed by atoms with Crippen molar-refractivity contribution in [3.8, 4) is 5.75 Å². The number of likely N-dealkylation sites (tertiary alicyclic amines) is 1. The number of phenols is 1. The SMILES string of the molecule is CN1CCC2Nc3c(O)cc(Cl)cc3C2C1. The standard InChI is InChI=1S/C12H15ClN2O/c1-15-3-2-10-9(6-15)8-4-7(13)5-11(16)12(8)14-10/h4-5,9-10,14,16H,2-3,6H2,1H3. The van der Waals surface area contributed by atoms with Crippen LogP contribution in [0, 0.1) is 0 Å². The zero-order chi connectivity index (χ0) is 11.3. The number of phenolic OH excluding ortho intramolecular Hbond substituents is 1. The molecule has 0 aliphatic carbocycles. The maximum atomic E-state index is 9.86. The van der Waals surface area contributed by atoms with E-state index in [1.807, 2.05) is 6.07 Å². The summed E-state index contributed by atoms with van der Waals surface area (Å²) in [5, 5.41) is 13.9. The molecule has 3 rings (SSSR count). The molecule has 16 heavy (non-hydrogen) atoms. The predicted octanol–water partition coefficient (Wildman–Crippen LogP) is 2.26. The maximum Gasteiger partial charge on any atom is 0.140 e. The summed E-state index contributed by atoms with van der Waals surface area (Å²) in [5.74, 6) is 0.734. The molecular formula is C12H15ClN2O. The van der Waals surface area contributed by atoms with Gasteiger partial charge in [0, 0.05) is 29.6 Å². The van der Waals surface area contributed by atoms with E-state index in [0.717, 1.165) is 25.2 Å². The van der Waals surface area contributed by atoms with E-state index in [9.17, 15) is 5.11 Å². The van der Waals surface area contributed by atoms with Crippen molar-refractivity contribution in [2.45, 2.75) is 18.4 Å². The lowest BCUT2D eigenvalue weighted by molar-refractivity contribution is 0.243. The predicted molar refractivity (Wildman–Crippen MR) is 65.4 cm³/mol. The lowest BCUT2D eigenvalue weighted by Crippen LogP contribution is -2.39. The van der Waals surface area contributed by atoms with Crippen LogP contribution in [0.1, 0.15) is 17.9 Å². The molecule has 1 saturated heterocycles. The molecule has 3 nitrogen and oxygen atoms in total. The van der Waals surface area contributed by atoms with Gasteiger partial charge in [0.05, 0.1) is 5.69 Å². The van der Waals surface area contributed by atoms with Crippen molar-refractivity contribution in [3.05, 3.63) is 22.7 Å². The number of anilines is 1. The summed E-state index contributed by atoms with van der Waals surface area (Å²) in [6.07, 6.45) is 1.12. The van der Waals surface area contributed by atoms with Crippen molar-refractivity contribution in [1.82, 2.24) is 4.90 Å². The van der Waals surface area contributed by atoms with Gasteiger partial charge in [-0.15, -0.1) is 0 Å². The summed E-state index contributed by atoms with van der Waals surface area (Å²) in [4.78, 5) is 2.33. The van der Waals surface area contributed by atoms with Crippen LogP contribution in [0.3, 0.4) is 0 Å². The minimum Gasteiger partial charge on any atom is -0.506 e. The van der Waals surface area contributed by atoms with Gasteiger partial charge in [-0.3, -0.25) is 0 Å². The van der Waals surface area contributed by atoms with Crippen LogP contribution in [0.2, 0.25) is 5.02 Å². The van der Waals surface area contributed by atoms with Crippen LogP contribution in [-0.2, 0) is 0 Å². The third-order valence-electron chi connectivity index (χ3n) is 3.66. The van der Waals surface area contributed by atoms with Crippen molar-refractivity contribution < 1.29 is 5.11 Å². The van der Waals surface area contributed by atoms with Crippen molar-refractivity contribution in [3.63, 3.8) is 0 Å². The molecule has 1 fully saturated rings. The fraction of sp³-hybridized carbons (Fsp3) is 0.500. The summed E-state index contributed by atoms with van der Waals surface area (Å²) in [7, 11) is 2.14. The molecule has 1 aromatic carbocycles. The molecule has 2 aliphatic rings. The molecule has 2 heterocycles. The fourth-order valence-electron chi connectivity index (χ4n) is 2.85. The third kappa shape index (κ3) is 1.46. The van der Waals surface area contributed by atoms with Crippen LogP contribution >= 0.6 is 11.6 Å². The second kappa shape index (κ2) is 3.54. The van der Waals surface area contributed by atoms with E-state index < -0.39 is 0 Å². The van der Waals surface area contributed by atoms with Gasteiger partial charge in [0.1, 0.15) is 5.75 Å². The number of piperidine rings is 1. The van der Waals surface area contributed by atoms with Gasteiger partial charge in [0.25, 0.3) is 0 Å². The summed E-state index contributed by atoms with van der Waals surface area (Å²) in [6, 6.07) is 4.04. The van der Waals surface area contributed by atoms with E-state index in [4.69, 9.17) is 11.6 Å².